The zero-order chi connectivity index (χ0) is 14.6. The van der Waals surface area contributed by atoms with Crippen molar-refractivity contribution >= 4 is 33.2 Å². The second kappa shape index (κ2) is 7.41. The molecule has 0 saturated heterocycles. The molecule has 0 bridgehead atoms. The third-order valence-electron chi connectivity index (χ3n) is 2.76. The van der Waals surface area contributed by atoms with Crippen LogP contribution in [0.4, 0.5) is 0 Å². The Kier molecular flexibility index (Phi) is 6.50. The molecule has 1 N–H and O–H groups in total. The fourth-order valence-electron chi connectivity index (χ4n) is 2.02. The van der Waals surface area contributed by atoms with Crippen molar-refractivity contribution in [2.75, 3.05) is 20.6 Å². The van der Waals surface area contributed by atoms with E-state index in [0.29, 0.717) is 5.92 Å². The van der Waals surface area contributed by atoms with Gasteiger partial charge in [0.15, 0.2) is 0 Å². The predicted octanol–water partition coefficient (Wildman–Crippen LogP) is 3.53. The monoisotopic (exact) mass is 346 g/mol. The number of thiophene rings is 1. The summed E-state index contributed by atoms with van der Waals surface area (Å²) in [5, 5.41) is 3.15. The van der Waals surface area contributed by atoms with Crippen LogP contribution in [-0.2, 0) is 0 Å². The fraction of sp³-hybridized carbons (Fsp3) is 0.643. The van der Waals surface area contributed by atoms with E-state index in [0.717, 1.165) is 27.2 Å². The Balaban J connectivity index is 2.69. The van der Waals surface area contributed by atoms with E-state index in [4.69, 9.17) is 0 Å². The highest BCUT2D eigenvalue weighted by molar-refractivity contribution is 9.11. The molecule has 1 atom stereocenters. The summed E-state index contributed by atoms with van der Waals surface area (Å²) in [6, 6.07) is 2.13. The largest absolute Gasteiger partial charge is 0.347 e. The van der Waals surface area contributed by atoms with Crippen LogP contribution in [0.1, 0.15) is 35.5 Å². The van der Waals surface area contributed by atoms with Gasteiger partial charge in [-0.2, -0.15) is 0 Å². The first-order valence-corrected chi connectivity index (χ1v) is 8.12. The van der Waals surface area contributed by atoms with Gasteiger partial charge in [-0.05, 0) is 60.9 Å². The first-order chi connectivity index (χ1) is 8.79. The predicted molar refractivity (Wildman–Crippen MR) is 86.0 cm³/mol. The van der Waals surface area contributed by atoms with E-state index in [9.17, 15) is 4.79 Å². The molecule has 0 saturated carbocycles. The maximum Gasteiger partial charge on any atom is 0.261 e. The highest BCUT2D eigenvalue weighted by atomic mass is 79.9. The summed E-state index contributed by atoms with van der Waals surface area (Å²) in [5.74, 6) is 0.605. The van der Waals surface area contributed by atoms with Crippen molar-refractivity contribution in [1.29, 1.82) is 0 Å². The van der Waals surface area contributed by atoms with E-state index in [1.54, 1.807) is 0 Å². The summed E-state index contributed by atoms with van der Waals surface area (Å²) in [7, 11) is 4.07. The van der Waals surface area contributed by atoms with Gasteiger partial charge < -0.3 is 10.2 Å². The second-order valence-corrected chi connectivity index (χ2v) is 8.00. The summed E-state index contributed by atoms with van der Waals surface area (Å²) >= 11 is 4.95. The van der Waals surface area contributed by atoms with Crippen molar-refractivity contribution in [3.63, 3.8) is 0 Å². The lowest BCUT2D eigenvalue weighted by atomic mass is 10.0. The molecular formula is C14H23BrN2OS. The van der Waals surface area contributed by atoms with Crippen molar-refractivity contribution in [2.24, 2.45) is 5.92 Å². The van der Waals surface area contributed by atoms with Gasteiger partial charge in [0.2, 0.25) is 0 Å². The summed E-state index contributed by atoms with van der Waals surface area (Å²) in [6.45, 7) is 7.24. The van der Waals surface area contributed by atoms with Crippen LogP contribution in [0.3, 0.4) is 0 Å². The Morgan fingerprint density at radius 1 is 1.47 bits per heavy atom. The minimum Gasteiger partial charge on any atom is -0.347 e. The number of amides is 1. The second-order valence-electron chi connectivity index (χ2n) is 5.63. The minimum absolute atomic E-state index is 0.0336. The fourth-order valence-corrected chi connectivity index (χ4v) is 3.46. The van der Waals surface area contributed by atoms with Gasteiger partial charge in [0.25, 0.3) is 5.91 Å². The van der Waals surface area contributed by atoms with Crippen LogP contribution < -0.4 is 5.32 Å². The van der Waals surface area contributed by atoms with Crippen molar-refractivity contribution < 1.29 is 4.79 Å². The zero-order valence-electron chi connectivity index (χ0n) is 12.3. The molecule has 108 valence electrons. The van der Waals surface area contributed by atoms with Crippen LogP contribution in [0.15, 0.2) is 9.85 Å². The van der Waals surface area contributed by atoms with Crippen molar-refractivity contribution in [1.82, 2.24) is 10.2 Å². The molecule has 0 aromatic carbocycles. The van der Waals surface area contributed by atoms with Gasteiger partial charge >= 0.3 is 0 Å². The number of carbonyl (C=O) groups excluding carboxylic acids is 1. The van der Waals surface area contributed by atoms with Crippen LogP contribution in [0.25, 0.3) is 0 Å². The Labute approximate surface area is 128 Å². The van der Waals surface area contributed by atoms with Crippen LogP contribution in [0.5, 0.6) is 0 Å². The number of nitrogens with one attached hydrogen (secondary N) is 1. The lowest BCUT2D eigenvalue weighted by Crippen LogP contribution is -2.42. The van der Waals surface area contributed by atoms with E-state index < -0.39 is 0 Å². The van der Waals surface area contributed by atoms with Crippen LogP contribution in [0, 0.1) is 12.8 Å². The number of hydrogen-bond acceptors (Lipinski definition) is 3. The van der Waals surface area contributed by atoms with E-state index >= 15 is 0 Å². The Bertz CT molecular complexity index is 400. The number of halogens is 1. The minimum atomic E-state index is 0.0336. The molecule has 1 amide bonds. The van der Waals surface area contributed by atoms with Gasteiger partial charge in [0, 0.05) is 12.6 Å². The molecular weight excluding hydrogens is 324 g/mol. The summed E-state index contributed by atoms with van der Waals surface area (Å²) < 4.78 is 1.03. The molecule has 19 heavy (non-hydrogen) atoms. The van der Waals surface area contributed by atoms with Crippen LogP contribution in [0.2, 0.25) is 0 Å². The lowest BCUT2D eigenvalue weighted by Gasteiger charge is -2.23. The smallest absolute Gasteiger partial charge is 0.261 e. The van der Waals surface area contributed by atoms with Crippen LogP contribution >= 0.6 is 27.3 Å². The first kappa shape index (κ1) is 16.7. The number of rotatable bonds is 6. The van der Waals surface area contributed by atoms with Gasteiger partial charge in [-0.3, -0.25) is 4.79 Å². The molecule has 3 nitrogen and oxygen atoms in total. The van der Waals surface area contributed by atoms with E-state index in [2.05, 4.69) is 40.0 Å². The number of likely N-dealkylation sites (N-methyl/N-ethyl adjacent to an activating group) is 1. The summed E-state index contributed by atoms with van der Waals surface area (Å²) in [6.07, 6.45) is 0.995. The van der Waals surface area contributed by atoms with Gasteiger partial charge in [-0.15, -0.1) is 11.3 Å². The molecule has 1 rings (SSSR count). The molecule has 1 aromatic heterocycles. The maximum atomic E-state index is 12.2. The normalized spacial score (nSPS) is 13.1. The molecule has 1 aromatic rings. The molecule has 0 fully saturated rings. The SMILES string of the molecule is Cc1cc(C(=O)NC(CC(C)C)CN(C)C)sc1Br. The maximum absolute atomic E-state index is 12.2. The quantitative estimate of drug-likeness (QED) is 0.854. The Morgan fingerprint density at radius 3 is 2.53 bits per heavy atom. The van der Waals surface area contributed by atoms with Gasteiger partial charge in [0.05, 0.1) is 8.66 Å². The van der Waals surface area contributed by atoms with E-state index in [-0.39, 0.29) is 11.9 Å². The molecule has 1 unspecified atom stereocenters. The van der Waals surface area contributed by atoms with E-state index in [1.165, 1.54) is 11.3 Å². The van der Waals surface area contributed by atoms with Gasteiger partial charge in [-0.1, -0.05) is 13.8 Å². The molecule has 0 radical (unpaired) electrons. The first-order valence-electron chi connectivity index (χ1n) is 6.51. The third kappa shape index (κ3) is 5.63. The topological polar surface area (TPSA) is 32.3 Å². The molecule has 0 spiro atoms. The Morgan fingerprint density at radius 2 is 2.11 bits per heavy atom. The van der Waals surface area contributed by atoms with Crippen molar-refractivity contribution in [3.8, 4) is 0 Å². The summed E-state index contributed by atoms with van der Waals surface area (Å²) in [5.41, 5.74) is 1.11. The standard InChI is InChI=1S/C14H23BrN2OS/c1-9(2)6-11(8-17(4)5)16-14(18)12-7-10(3)13(15)19-12/h7,9,11H,6,8H2,1-5H3,(H,16,18). The third-order valence-corrected chi connectivity index (χ3v) is 4.89. The average molecular weight is 347 g/mol. The van der Waals surface area contributed by atoms with Crippen molar-refractivity contribution in [3.05, 3.63) is 20.3 Å². The average Bonchev–Trinajstić information content (AvgIpc) is 2.57. The van der Waals surface area contributed by atoms with Gasteiger partial charge in [-0.25, -0.2) is 0 Å². The molecule has 0 aliphatic heterocycles. The molecule has 0 aliphatic carbocycles. The zero-order valence-corrected chi connectivity index (χ0v) is 14.7. The van der Waals surface area contributed by atoms with E-state index in [1.807, 2.05) is 27.1 Å². The molecule has 0 aliphatic rings. The van der Waals surface area contributed by atoms with Crippen LogP contribution in [-0.4, -0.2) is 37.5 Å². The number of aryl methyl sites for hydroxylation is 1. The van der Waals surface area contributed by atoms with Gasteiger partial charge in [0.1, 0.15) is 0 Å². The molecule has 1 heterocycles. The summed E-state index contributed by atoms with van der Waals surface area (Å²) in [4.78, 5) is 15.1. The lowest BCUT2D eigenvalue weighted by molar-refractivity contribution is 0.0928. The number of nitrogens with zero attached hydrogens (tertiary/aromatic N) is 1. The molecule has 5 heteroatoms. The highest BCUT2D eigenvalue weighted by Crippen LogP contribution is 2.27. The highest BCUT2D eigenvalue weighted by Gasteiger charge is 2.18. The number of carbonyl (C=O) groups is 1. The van der Waals surface area contributed by atoms with Crippen molar-refractivity contribution in [2.45, 2.75) is 33.2 Å². The Hall–Kier alpha value is -0.390. The number of hydrogen-bond donors (Lipinski definition) is 1.